The summed E-state index contributed by atoms with van der Waals surface area (Å²) in [7, 11) is 0. The van der Waals surface area contributed by atoms with E-state index in [2.05, 4.69) is 0 Å². The van der Waals surface area contributed by atoms with Crippen LogP contribution in [-0.2, 0) is 4.79 Å². The maximum absolute atomic E-state index is 12.9. The molecule has 0 radical (unpaired) electrons. The van der Waals surface area contributed by atoms with Crippen LogP contribution in [0.2, 0.25) is 0 Å². The van der Waals surface area contributed by atoms with Crippen LogP contribution in [0.1, 0.15) is 12.8 Å². The Bertz CT molecular complexity index is 381. The molecule has 1 N–H and O–H groups in total. The average Bonchev–Trinajstić information content (AvgIpc) is 2.22. The molecule has 0 bridgehead atoms. The Morgan fingerprint density at radius 1 is 1.47 bits per heavy atom. The summed E-state index contributed by atoms with van der Waals surface area (Å²) in [5.74, 6) is -0.439. The molecule has 0 aliphatic carbocycles. The van der Waals surface area contributed by atoms with Gasteiger partial charge in [-0.05, 0) is 24.6 Å². The molecule has 4 heteroatoms. The van der Waals surface area contributed by atoms with Gasteiger partial charge in [-0.25, -0.2) is 4.39 Å². The van der Waals surface area contributed by atoms with E-state index < -0.39 is 6.10 Å². The summed E-state index contributed by atoms with van der Waals surface area (Å²) >= 11 is 0. The molecular weight excluding hydrogens is 197 g/mol. The van der Waals surface area contributed by atoms with Crippen LogP contribution in [0.3, 0.4) is 0 Å². The van der Waals surface area contributed by atoms with Gasteiger partial charge in [0.2, 0.25) is 5.91 Å². The normalized spacial score (nSPS) is 21.9. The molecule has 1 unspecified atom stereocenters. The second-order valence-electron chi connectivity index (χ2n) is 3.68. The smallest absolute Gasteiger partial charge is 0.227 e. The van der Waals surface area contributed by atoms with Gasteiger partial charge in [-0.3, -0.25) is 4.79 Å². The first-order chi connectivity index (χ1) is 7.16. The predicted molar refractivity (Wildman–Crippen MR) is 54.0 cm³/mol. The van der Waals surface area contributed by atoms with Crippen LogP contribution in [0, 0.1) is 5.82 Å². The number of hydrogen-bond donors (Lipinski definition) is 1. The number of piperidine rings is 1. The first kappa shape index (κ1) is 10.1. The van der Waals surface area contributed by atoms with Crippen LogP contribution < -0.4 is 4.90 Å². The largest absolute Gasteiger partial charge is 0.391 e. The minimum Gasteiger partial charge on any atom is -0.391 e. The van der Waals surface area contributed by atoms with Gasteiger partial charge in [0.1, 0.15) is 5.82 Å². The number of β-amino-alcohol motifs (C(OH)–C–C–N with tert-alkyl or cyclic N) is 1. The van der Waals surface area contributed by atoms with Crippen molar-refractivity contribution in [1.29, 1.82) is 0 Å². The Morgan fingerprint density at radius 2 is 2.27 bits per heavy atom. The van der Waals surface area contributed by atoms with Crippen LogP contribution in [0.15, 0.2) is 24.3 Å². The van der Waals surface area contributed by atoms with Crippen molar-refractivity contribution in [2.75, 3.05) is 11.4 Å². The molecule has 0 aromatic heterocycles. The third kappa shape index (κ3) is 2.15. The molecule has 1 amide bonds. The van der Waals surface area contributed by atoms with Crippen molar-refractivity contribution in [3.8, 4) is 0 Å². The van der Waals surface area contributed by atoms with E-state index in [1.54, 1.807) is 12.1 Å². The standard InChI is InChI=1S/C11H12FNO2/c12-8-2-1-3-9(6-8)13-7-10(14)4-5-11(13)15/h1-3,6,10,14H,4-5,7H2. The van der Waals surface area contributed by atoms with Gasteiger partial charge in [0.05, 0.1) is 12.6 Å². The zero-order chi connectivity index (χ0) is 10.8. The molecule has 0 spiro atoms. The van der Waals surface area contributed by atoms with Gasteiger partial charge < -0.3 is 10.0 Å². The lowest BCUT2D eigenvalue weighted by Gasteiger charge is -2.30. The monoisotopic (exact) mass is 209 g/mol. The van der Waals surface area contributed by atoms with Crippen molar-refractivity contribution >= 4 is 11.6 Å². The molecule has 1 aromatic rings. The molecule has 1 aromatic carbocycles. The van der Waals surface area contributed by atoms with Gasteiger partial charge in [-0.15, -0.1) is 0 Å². The topological polar surface area (TPSA) is 40.5 Å². The van der Waals surface area contributed by atoms with Crippen molar-refractivity contribution in [1.82, 2.24) is 0 Å². The van der Waals surface area contributed by atoms with Crippen LogP contribution in [0.25, 0.3) is 0 Å². The minimum atomic E-state index is -0.508. The van der Waals surface area contributed by atoms with Crippen LogP contribution in [-0.4, -0.2) is 23.7 Å². The third-order valence-electron chi connectivity index (χ3n) is 2.51. The highest BCUT2D eigenvalue weighted by molar-refractivity contribution is 5.94. The van der Waals surface area contributed by atoms with Crippen LogP contribution in [0.5, 0.6) is 0 Å². The first-order valence-electron chi connectivity index (χ1n) is 4.91. The maximum Gasteiger partial charge on any atom is 0.227 e. The summed E-state index contributed by atoms with van der Waals surface area (Å²) in [5, 5.41) is 9.44. The molecule has 0 saturated carbocycles. The van der Waals surface area contributed by atoms with Gasteiger partial charge in [0, 0.05) is 12.1 Å². The van der Waals surface area contributed by atoms with Crippen molar-refractivity contribution in [3.05, 3.63) is 30.1 Å². The predicted octanol–water partition coefficient (Wildman–Crippen LogP) is 1.31. The highest BCUT2D eigenvalue weighted by Gasteiger charge is 2.25. The number of benzene rings is 1. The molecular formula is C11H12FNO2. The van der Waals surface area contributed by atoms with E-state index >= 15 is 0 Å². The number of hydrogen-bond acceptors (Lipinski definition) is 2. The maximum atomic E-state index is 12.9. The second kappa shape index (κ2) is 3.98. The number of aliphatic hydroxyl groups is 1. The van der Waals surface area contributed by atoms with E-state index in [4.69, 9.17) is 0 Å². The summed E-state index contributed by atoms with van der Waals surface area (Å²) in [6.07, 6.45) is 0.300. The van der Waals surface area contributed by atoms with Gasteiger partial charge in [0.15, 0.2) is 0 Å². The van der Waals surface area contributed by atoms with Crippen molar-refractivity contribution in [2.45, 2.75) is 18.9 Å². The molecule has 1 aliphatic rings. The number of carbonyl (C=O) groups excluding carboxylic acids is 1. The number of aliphatic hydroxyl groups excluding tert-OH is 1. The van der Waals surface area contributed by atoms with E-state index in [1.807, 2.05) is 0 Å². The molecule has 1 fully saturated rings. The molecule has 80 valence electrons. The SMILES string of the molecule is O=C1CCC(O)CN1c1cccc(F)c1. The molecule has 3 nitrogen and oxygen atoms in total. The lowest BCUT2D eigenvalue weighted by atomic mass is 10.1. The first-order valence-corrected chi connectivity index (χ1v) is 4.91. The molecule has 2 rings (SSSR count). The highest BCUT2D eigenvalue weighted by atomic mass is 19.1. The zero-order valence-electron chi connectivity index (χ0n) is 8.19. The van der Waals surface area contributed by atoms with Crippen molar-refractivity contribution in [2.24, 2.45) is 0 Å². The summed E-state index contributed by atoms with van der Waals surface area (Å²) in [5.41, 5.74) is 0.513. The fourth-order valence-corrected chi connectivity index (χ4v) is 1.72. The van der Waals surface area contributed by atoms with Gasteiger partial charge in [-0.1, -0.05) is 6.07 Å². The number of carbonyl (C=O) groups is 1. The van der Waals surface area contributed by atoms with Gasteiger partial charge >= 0.3 is 0 Å². The average molecular weight is 209 g/mol. The Balaban J connectivity index is 2.25. The Hall–Kier alpha value is -1.42. The van der Waals surface area contributed by atoms with E-state index in [9.17, 15) is 14.3 Å². The van der Waals surface area contributed by atoms with Crippen LogP contribution >= 0.6 is 0 Å². The minimum absolute atomic E-state index is 0.0640. The Labute approximate surface area is 87.1 Å². The van der Waals surface area contributed by atoms with Crippen molar-refractivity contribution < 1.29 is 14.3 Å². The lowest BCUT2D eigenvalue weighted by molar-refractivity contribution is -0.121. The van der Waals surface area contributed by atoms with E-state index in [-0.39, 0.29) is 18.3 Å². The molecule has 1 saturated heterocycles. The summed E-state index contributed by atoms with van der Waals surface area (Å²) < 4.78 is 12.9. The van der Waals surface area contributed by atoms with E-state index in [1.165, 1.54) is 17.0 Å². The fraction of sp³-hybridized carbons (Fsp3) is 0.364. The summed E-state index contributed by atoms with van der Waals surface area (Å²) in [4.78, 5) is 13.0. The number of anilines is 1. The second-order valence-corrected chi connectivity index (χ2v) is 3.68. The molecule has 1 heterocycles. The molecule has 1 aliphatic heterocycles. The fourth-order valence-electron chi connectivity index (χ4n) is 1.72. The number of amides is 1. The summed E-state index contributed by atoms with van der Waals surface area (Å²) in [6.45, 7) is 0.252. The Morgan fingerprint density at radius 3 is 3.00 bits per heavy atom. The Kier molecular flexibility index (Phi) is 2.68. The lowest BCUT2D eigenvalue weighted by Crippen LogP contribution is -2.42. The molecule has 15 heavy (non-hydrogen) atoms. The zero-order valence-corrected chi connectivity index (χ0v) is 8.19. The van der Waals surface area contributed by atoms with E-state index in [0.717, 1.165) is 0 Å². The number of rotatable bonds is 1. The number of halogens is 1. The van der Waals surface area contributed by atoms with Gasteiger partial charge in [0.25, 0.3) is 0 Å². The van der Waals surface area contributed by atoms with E-state index in [0.29, 0.717) is 18.5 Å². The number of nitrogens with zero attached hydrogens (tertiary/aromatic N) is 1. The quantitative estimate of drug-likeness (QED) is 0.757. The summed E-state index contributed by atoms with van der Waals surface area (Å²) in [6, 6.07) is 5.85. The van der Waals surface area contributed by atoms with Gasteiger partial charge in [-0.2, -0.15) is 0 Å². The highest BCUT2D eigenvalue weighted by Crippen LogP contribution is 2.21. The molecule has 1 atom stereocenters. The third-order valence-corrected chi connectivity index (χ3v) is 2.51. The van der Waals surface area contributed by atoms with Crippen molar-refractivity contribution in [3.63, 3.8) is 0 Å². The van der Waals surface area contributed by atoms with Crippen LogP contribution in [0.4, 0.5) is 10.1 Å².